The van der Waals surface area contributed by atoms with E-state index in [1.165, 1.54) is 7.11 Å². The molecule has 0 saturated carbocycles. The lowest BCUT2D eigenvalue weighted by molar-refractivity contribution is 0.0600. The van der Waals surface area contributed by atoms with Crippen LogP contribution in [0.25, 0.3) is 6.08 Å². The molecule has 0 fully saturated rings. The average Bonchev–Trinajstić information content (AvgIpc) is 2.27. The molecule has 2 rings (SSSR count). The number of esters is 1. The van der Waals surface area contributed by atoms with E-state index in [2.05, 4.69) is 10.1 Å². The molecule has 0 spiro atoms. The number of nitrogens with zero attached hydrogens (tertiary/aromatic N) is 1. The molecular weight excluding hydrogens is 178 g/mol. The number of rotatable bonds is 1. The van der Waals surface area contributed by atoms with Crippen LogP contribution in [0.4, 0.5) is 0 Å². The van der Waals surface area contributed by atoms with Gasteiger partial charge in [0.15, 0.2) is 0 Å². The summed E-state index contributed by atoms with van der Waals surface area (Å²) < 4.78 is 4.64. The fourth-order valence-electron chi connectivity index (χ4n) is 1.43. The lowest BCUT2D eigenvalue weighted by atomic mass is 10.0. The molecule has 0 bridgehead atoms. The Kier molecular flexibility index (Phi) is 2.23. The van der Waals surface area contributed by atoms with Crippen molar-refractivity contribution < 1.29 is 9.53 Å². The number of hydrogen-bond acceptors (Lipinski definition) is 2. The summed E-state index contributed by atoms with van der Waals surface area (Å²) in [5, 5.41) is 4.11. The van der Waals surface area contributed by atoms with Crippen LogP contribution in [0.5, 0.6) is 0 Å². The molecule has 1 aliphatic heterocycles. The number of methoxy groups -OCH3 is 1. The molecule has 0 atom stereocenters. The molecule has 1 heterocycles. The van der Waals surface area contributed by atoms with Crippen LogP contribution in [-0.2, 0) is 11.3 Å². The van der Waals surface area contributed by atoms with Crippen molar-refractivity contribution in [2.75, 3.05) is 7.11 Å². The highest BCUT2D eigenvalue weighted by Crippen LogP contribution is 2.17. The first-order valence-corrected chi connectivity index (χ1v) is 4.35. The van der Waals surface area contributed by atoms with Gasteiger partial charge in [-0.15, -0.1) is 0 Å². The van der Waals surface area contributed by atoms with E-state index in [1.807, 2.05) is 18.2 Å². The van der Waals surface area contributed by atoms with Gasteiger partial charge in [0, 0.05) is 6.20 Å². The number of carbonyl (C=O) groups excluding carboxylic acids is 1. The fraction of sp³-hybridized carbons (Fsp3) is 0.182. The summed E-state index contributed by atoms with van der Waals surface area (Å²) in [6, 6.07) is 5.50. The van der Waals surface area contributed by atoms with E-state index in [-0.39, 0.29) is 5.97 Å². The second-order valence-electron chi connectivity index (χ2n) is 3.06. The molecule has 0 aromatic heterocycles. The van der Waals surface area contributed by atoms with Crippen molar-refractivity contribution in [1.29, 1.82) is 0 Å². The van der Waals surface area contributed by atoms with Gasteiger partial charge in [0.05, 0.1) is 19.2 Å². The van der Waals surface area contributed by atoms with E-state index < -0.39 is 0 Å². The van der Waals surface area contributed by atoms with E-state index in [0.717, 1.165) is 11.1 Å². The van der Waals surface area contributed by atoms with Crippen molar-refractivity contribution >= 4 is 12.0 Å². The third-order valence-electron chi connectivity index (χ3n) is 2.19. The minimum absolute atomic E-state index is 0.303. The van der Waals surface area contributed by atoms with Crippen LogP contribution in [0.1, 0.15) is 21.5 Å². The van der Waals surface area contributed by atoms with E-state index in [0.29, 0.717) is 12.1 Å². The SMILES string of the molecule is COC(=O)c1ccc2c(c1)C[N]C=C2. The Morgan fingerprint density at radius 3 is 3.14 bits per heavy atom. The summed E-state index contributed by atoms with van der Waals surface area (Å²) in [6.45, 7) is 0.636. The highest BCUT2D eigenvalue weighted by atomic mass is 16.5. The normalized spacial score (nSPS) is 12.9. The largest absolute Gasteiger partial charge is 0.465 e. The van der Waals surface area contributed by atoms with E-state index in [9.17, 15) is 4.79 Å². The summed E-state index contributed by atoms with van der Waals surface area (Å²) in [7, 11) is 1.38. The molecular formula is C11H10NO2. The predicted molar refractivity (Wildman–Crippen MR) is 52.7 cm³/mol. The van der Waals surface area contributed by atoms with Crippen molar-refractivity contribution in [2.45, 2.75) is 6.54 Å². The molecule has 1 aliphatic rings. The van der Waals surface area contributed by atoms with Crippen LogP contribution in [0.3, 0.4) is 0 Å². The Labute approximate surface area is 82.4 Å². The number of ether oxygens (including phenoxy) is 1. The van der Waals surface area contributed by atoms with Crippen molar-refractivity contribution in [3.63, 3.8) is 0 Å². The van der Waals surface area contributed by atoms with Gasteiger partial charge in [-0.2, -0.15) is 0 Å². The van der Waals surface area contributed by atoms with Crippen LogP contribution in [0.2, 0.25) is 0 Å². The van der Waals surface area contributed by atoms with Crippen LogP contribution >= 0.6 is 0 Å². The Balaban J connectivity index is 2.39. The van der Waals surface area contributed by atoms with Gasteiger partial charge in [0.25, 0.3) is 0 Å². The third kappa shape index (κ3) is 1.48. The standard InChI is InChI=1S/C11H10NO2/c1-14-11(13)9-3-2-8-4-5-12-7-10(8)6-9/h2-6H,7H2,1H3. The Morgan fingerprint density at radius 1 is 1.50 bits per heavy atom. The van der Waals surface area contributed by atoms with Gasteiger partial charge in [0.1, 0.15) is 0 Å². The molecule has 1 radical (unpaired) electrons. The highest BCUT2D eigenvalue weighted by Gasteiger charge is 2.10. The summed E-state index contributed by atoms with van der Waals surface area (Å²) in [4.78, 5) is 11.2. The zero-order valence-electron chi connectivity index (χ0n) is 7.86. The Hall–Kier alpha value is -1.77. The van der Waals surface area contributed by atoms with Gasteiger partial charge in [-0.3, -0.25) is 5.32 Å². The first-order valence-electron chi connectivity index (χ1n) is 4.35. The van der Waals surface area contributed by atoms with Crippen molar-refractivity contribution in [3.05, 3.63) is 41.1 Å². The molecule has 71 valence electrons. The van der Waals surface area contributed by atoms with Gasteiger partial charge < -0.3 is 4.74 Å². The van der Waals surface area contributed by atoms with Crippen molar-refractivity contribution in [1.82, 2.24) is 5.32 Å². The first kappa shape index (κ1) is 8.81. The maximum absolute atomic E-state index is 11.2. The van der Waals surface area contributed by atoms with Crippen LogP contribution in [0, 0.1) is 0 Å². The topological polar surface area (TPSA) is 40.4 Å². The second kappa shape index (κ2) is 3.54. The first-order chi connectivity index (χ1) is 6.81. The molecule has 0 saturated heterocycles. The smallest absolute Gasteiger partial charge is 0.337 e. The van der Waals surface area contributed by atoms with E-state index >= 15 is 0 Å². The van der Waals surface area contributed by atoms with Gasteiger partial charge in [-0.1, -0.05) is 6.07 Å². The lowest BCUT2D eigenvalue weighted by Gasteiger charge is -2.10. The van der Waals surface area contributed by atoms with Gasteiger partial charge in [-0.25, -0.2) is 4.79 Å². The summed E-state index contributed by atoms with van der Waals surface area (Å²) >= 11 is 0. The molecule has 14 heavy (non-hydrogen) atoms. The zero-order valence-corrected chi connectivity index (χ0v) is 7.86. The molecule has 0 unspecified atom stereocenters. The Bertz CT molecular complexity index is 396. The van der Waals surface area contributed by atoms with Gasteiger partial charge >= 0.3 is 5.97 Å². The molecule has 0 amide bonds. The molecule has 0 aliphatic carbocycles. The summed E-state index contributed by atoms with van der Waals surface area (Å²) in [5.74, 6) is -0.303. The van der Waals surface area contributed by atoms with Crippen LogP contribution in [0.15, 0.2) is 24.4 Å². The third-order valence-corrected chi connectivity index (χ3v) is 2.19. The van der Waals surface area contributed by atoms with E-state index in [1.54, 1.807) is 12.3 Å². The van der Waals surface area contributed by atoms with Crippen LogP contribution < -0.4 is 5.32 Å². The lowest BCUT2D eigenvalue weighted by Crippen LogP contribution is -2.07. The average molecular weight is 188 g/mol. The number of hydrogen-bond donors (Lipinski definition) is 0. The second-order valence-corrected chi connectivity index (χ2v) is 3.06. The summed E-state index contributed by atoms with van der Waals surface area (Å²) in [5.41, 5.74) is 2.76. The van der Waals surface area contributed by atoms with Gasteiger partial charge in [0.2, 0.25) is 0 Å². The molecule has 3 nitrogen and oxygen atoms in total. The molecule has 1 aromatic carbocycles. The predicted octanol–water partition coefficient (Wildman–Crippen LogP) is 1.56. The Morgan fingerprint density at radius 2 is 2.36 bits per heavy atom. The number of carbonyl (C=O) groups is 1. The minimum atomic E-state index is -0.303. The van der Waals surface area contributed by atoms with Crippen molar-refractivity contribution in [2.24, 2.45) is 0 Å². The maximum Gasteiger partial charge on any atom is 0.337 e. The summed E-state index contributed by atoms with van der Waals surface area (Å²) in [6.07, 6.45) is 3.71. The van der Waals surface area contributed by atoms with E-state index in [4.69, 9.17) is 0 Å². The maximum atomic E-state index is 11.2. The zero-order chi connectivity index (χ0) is 9.97. The van der Waals surface area contributed by atoms with Gasteiger partial charge in [-0.05, 0) is 29.3 Å². The highest BCUT2D eigenvalue weighted by molar-refractivity contribution is 5.90. The monoisotopic (exact) mass is 188 g/mol. The van der Waals surface area contributed by atoms with Crippen molar-refractivity contribution in [3.8, 4) is 0 Å². The fourth-order valence-corrected chi connectivity index (χ4v) is 1.43. The minimum Gasteiger partial charge on any atom is -0.465 e. The molecule has 3 heteroatoms. The molecule has 1 aromatic rings. The number of fused-ring (bicyclic) bond motifs is 1. The number of benzene rings is 1. The molecule has 0 N–H and O–H groups in total. The van der Waals surface area contributed by atoms with Crippen LogP contribution in [-0.4, -0.2) is 13.1 Å². The quantitative estimate of drug-likeness (QED) is 0.627.